The summed E-state index contributed by atoms with van der Waals surface area (Å²) < 4.78 is 10.6. The van der Waals surface area contributed by atoms with Gasteiger partial charge in [0.25, 0.3) is 0 Å². The minimum Gasteiger partial charge on any atom is -0.467 e. The van der Waals surface area contributed by atoms with Crippen molar-refractivity contribution >= 4 is 0 Å². The lowest BCUT2D eigenvalue weighted by molar-refractivity contribution is -0.0164. The lowest BCUT2D eigenvalue weighted by atomic mass is 9.87. The van der Waals surface area contributed by atoms with Crippen LogP contribution in [-0.2, 0) is 17.8 Å². The maximum absolute atomic E-state index is 5.39. The zero-order valence-electron chi connectivity index (χ0n) is 9.67. The number of hydrogen-bond acceptors (Lipinski definition) is 2. The summed E-state index contributed by atoms with van der Waals surface area (Å²) in [5.41, 5.74) is 2.85. The van der Waals surface area contributed by atoms with Crippen molar-refractivity contribution in [2.24, 2.45) is 5.41 Å². The van der Waals surface area contributed by atoms with Crippen LogP contribution >= 0.6 is 0 Å². The Labute approximate surface area is 91.2 Å². The summed E-state index contributed by atoms with van der Waals surface area (Å²) in [6, 6.07) is 6.40. The van der Waals surface area contributed by atoms with Crippen molar-refractivity contribution < 1.29 is 9.47 Å². The molecule has 0 atom stereocenters. The molecule has 0 spiro atoms. The first-order valence-electron chi connectivity index (χ1n) is 5.37. The van der Waals surface area contributed by atoms with E-state index in [2.05, 4.69) is 39.0 Å². The SMILES string of the molecule is CC(C)(C)Cc1ccc2c(c1)COCO2. The van der Waals surface area contributed by atoms with Crippen molar-refractivity contribution in [3.8, 4) is 5.75 Å². The highest BCUT2D eigenvalue weighted by molar-refractivity contribution is 5.37. The highest BCUT2D eigenvalue weighted by atomic mass is 16.7. The van der Waals surface area contributed by atoms with Gasteiger partial charge in [0, 0.05) is 5.56 Å². The van der Waals surface area contributed by atoms with Gasteiger partial charge < -0.3 is 9.47 Å². The zero-order valence-corrected chi connectivity index (χ0v) is 9.67. The quantitative estimate of drug-likeness (QED) is 0.702. The number of fused-ring (bicyclic) bond motifs is 1. The molecule has 1 aliphatic rings. The highest BCUT2D eigenvalue weighted by Gasteiger charge is 2.15. The fourth-order valence-corrected chi connectivity index (χ4v) is 1.87. The van der Waals surface area contributed by atoms with E-state index in [0.29, 0.717) is 18.8 Å². The van der Waals surface area contributed by atoms with E-state index in [1.807, 2.05) is 0 Å². The molecule has 0 unspecified atom stereocenters. The van der Waals surface area contributed by atoms with Crippen LogP contribution in [0.4, 0.5) is 0 Å². The van der Waals surface area contributed by atoms with Crippen LogP contribution in [0, 0.1) is 5.41 Å². The Morgan fingerprint density at radius 1 is 1.27 bits per heavy atom. The second kappa shape index (κ2) is 3.86. The van der Waals surface area contributed by atoms with Crippen LogP contribution in [0.15, 0.2) is 18.2 Å². The average Bonchev–Trinajstić information content (AvgIpc) is 2.15. The largest absolute Gasteiger partial charge is 0.467 e. The standard InChI is InChI=1S/C13H18O2/c1-13(2,3)7-10-4-5-12-11(6-10)8-14-9-15-12/h4-6H,7-9H2,1-3H3. The van der Waals surface area contributed by atoms with Gasteiger partial charge in [-0.25, -0.2) is 0 Å². The molecule has 1 aromatic rings. The summed E-state index contributed by atoms with van der Waals surface area (Å²) in [5.74, 6) is 0.971. The fourth-order valence-electron chi connectivity index (χ4n) is 1.87. The lowest BCUT2D eigenvalue weighted by Crippen LogP contribution is -2.13. The first kappa shape index (κ1) is 10.5. The predicted molar refractivity (Wildman–Crippen MR) is 59.9 cm³/mol. The molecule has 0 radical (unpaired) electrons. The Balaban J connectivity index is 2.21. The number of ether oxygens (including phenoxy) is 2. The van der Waals surface area contributed by atoms with Crippen molar-refractivity contribution in [1.82, 2.24) is 0 Å². The molecule has 0 saturated carbocycles. The van der Waals surface area contributed by atoms with Crippen LogP contribution in [0.25, 0.3) is 0 Å². The minimum atomic E-state index is 0.324. The number of hydrogen-bond donors (Lipinski definition) is 0. The molecule has 0 saturated heterocycles. The Hall–Kier alpha value is -1.02. The van der Waals surface area contributed by atoms with Crippen LogP contribution in [0.3, 0.4) is 0 Å². The highest BCUT2D eigenvalue weighted by Crippen LogP contribution is 2.27. The fraction of sp³-hybridized carbons (Fsp3) is 0.538. The van der Waals surface area contributed by atoms with E-state index in [1.165, 1.54) is 11.1 Å². The molecule has 0 amide bonds. The van der Waals surface area contributed by atoms with E-state index in [1.54, 1.807) is 0 Å². The van der Waals surface area contributed by atoms with Crippen molar-refractivity contribution in [3.63, 3.8) is 0 Å². The number of benzene rings is 1. The third kappa shape index (κ3) is 2.72. The van der Waals surface area contributed by atoms with Crippen LogP contribution < -0.4 is 4.74 Å². The van der Waals surface area contributed by atoms with Crippen molar-refractivity contribution in [3.05, 3.63) is 29.3 Å². The molecule has 2 nitrogen and oxygen atoms in total. The van der Waals surface area contributed by atoms with Gasteiger partial charge in [-0.1, -0.05) is 26.8 Å². The average molecular weight is 206 g/mol. The van der Waals surface area contributed by atoms with Gasteiger partial charge in [-0.05, 0) is 29.5 Å². The molecule has 15 heavy (non-hydrogen) atoms. The smallest absolute Gasteiger partial charge is 0.189 e. The maximum Gasteiger partial charge on any atom is 0.189 e. The summed E-state index contributed by atoms with van der Waals surface area (Å²) in [6.07, 6.45) is 1.08. The summed E-state index contributed by atoms with van der Waals surface area (Å²) in [7, 11) is 0. The second-order valence-electron chi connectivity index (χ2n) is 5.29. The lowest BCUT2D eigenvalue weighted by Gasteiger charge is -2.21. The molecule has 1 aromatic carbocycles. The minimum absolute atomic E-state index is 0.324. The Kier molecular flexibility index (Phi) is 2.70. The zero-order chi connectivity index (χ0) is 10.9. The van der Waals surface area contributed by atoms with E-state index >= 15 is 0 Å². The van der Waals surface area contributed by atoms with Gasteiger partial charge in [0.2, 0.25) is 0 Å². The molecule has 2 rings (SSSR count). The van der Waals surface area contributed by atoms with E-state index in [0.717, 1.165) is 12.2 Å². The van der Waals surface area contributed by atoms with Crippen LogP contribution in [0.1, 0.15) is 31.9 Å². The van der Waals surface area contributed by atoms with Gasteiger partial charge in [-0.2, -0.15) is 0 Å². The number of rotatable bonds is 1. The molecule has 2 heteroatoms. The van der Waals surface area contributed by atoms with Crippen LogP contribution in [0.2, 0.25) is 0 Å². The summed E-state index contributed by atoms with van der Waals surface area (Å²) in [5, 5.41) is 0. The van der Waals surface area contributed by atoms with Crippen molar-refractivity contribution in [1.29, 1.82) is 0 Å². The van der Waals surface area contributed by atoms with E-state index < -0.39 is 0 Å². The van der Waals surface area contributed by atoms with Crippen LogP contribution in [0.5, 0.6) is 5.75 Å². The summed E-state index contributed by atoms with van der Waals surface area (Å²) >= 11 is 0. The van der Waals surface area contributed by atoms with E-state index in [9.17, 15) is 0 Å². The first-order chi connectivity index (χ1) is 7.04. The van der Waals surface area contributed by atoms with Gasteiger partial charge in [0.05, 0.1) is 6.61 Å². The Morgan fingerprint density at radius 3 is 2.80 bits per heavy atom. The molecular weight excluding hydrogens is 188 g/mol. The van der Waals surface area contributed by atoms with Gasteiger partial charge in [-0.3, -0.25) is 0 Å². The van der Waals surface area contributed by atoms with E-state index in [-0.39, 0.29) is 0 Å². The van der Waals surface area contributed by atoms with Crippen molar-refractivity contribution in [2.45, 2.75) is 33.8 Å². The topological polar surface area (TPSA) is 18.5 Å². The van der Waals surface area contributed by atoms with Crippen LogP contribution in [-0.4, -0.2) is 6.79 Å². The molecule has 1 aliphatic heterocycles. The molecule has 0 fully saturated rings. The van der Waals surface area contributed by atoms with Gasteiger partial charge in [0.15, 0.2) is 6.79 Å². The Morgan fingerprint density at radius 2 is 2.07 bits per heavy atom. The normalized spacial score (nSPS) is 15.7. The molecule has 0 bridgehead atoms. The van der Waals surface area contributed by atoms with Crippen molar-refractivity contribution in [2.75, 3.05) is 6.79 Å². The Bertz CT molecular complexity index is 350. The molecule has 0 N–H and O–H groups in total. The van der Waals surface area contributed by atoms with E-state index in [4.69, 9.17) is 9.47 Å². The monoisotopic (exact) mass is 206 g/mol. The second-order valence-corrected chi connectivity index (χ2v) is 5.29. The maximum atomic E-state index is 5.39. The molecule has 0 aromatic heterocycles. The first-order valence-corrected chi connectivity index (χ1v) is 5.37. The predicted octanol–water partition coefficient (Wildman–Crippen LogP) is 3.14. The summed E-state index contributed by atoms with van der Waals surface area (Å²) in [4.78, 5) is 0. The molecular formula is C13H18O2. The molecule has 1 heterocycles. The third-order valence-electron chi connectivity index (χ3n) is 2.41. The molecule has 82 valence electrons. The van der Waals surface area contributed by atoms with Gasteiger partial charge in [0.1, 0.15) is 5.75 Å². The van der Waals surface area contributed by atoms with Gasteiger partial charge in [-0.15, -0.1) is 0 Å². The molecule has 0 aliphatic carbocycles. The van der Waals surface area contributed by atoms with Gasteiger partial charge >= 0.3 is 0 Å². The third-order valence-corrected chi connectivity index (χ3v) is 2.41. The summed E-state index contributed by atoms with van der Waals surface area (Å²) in [6.45, 7) is 7.80.